The van der Waals surface area contributed by atoms with Crippen molar-refractivity contribution in [1.82, 2.24) is 4.90 Å². The number of carbonyl (C=O) groups excluding carboxylic acids is 1. The lowest BCUT2D eigenvalue weighted by molar-refractivity contribution is -0.145. The molecule has 2 heterocycles. The van der Waals surface area contributed by atoms with E-state index in [-0.39, 0.29) is 12.0 Å². The maximum atomic E-state index is 12.3. The number of rotatable bonds is 4. The zero-order valence-electron chi connectivity index (χ0n) is 12.6. The molecule has 0 radical (unpaired) electrons. The van der Waals surface area contributed by atoms with Gasteiger partial charge in [0.2, 0.25) is 0 Å². The Hall–Kier alpha value is -2.56. The van der Waals surface area contributed by atoms with E-state index in [4.69, 9.17) is 9.47 Å². The van der Waals surface area contributed by atoms with Crippen LogP contribution in [0, 0.1) is 0 Å². The van der Waals surface area contributed by atoms with Gasteiger partial charge in [0.15, 0.2) is 11.9 Å². The molecule has 114 valence electrons. The van der Waals surface area contributed by atoms with Gasteiger partial charge in [0.1, 0.15) is 5.84 Å². The van der Waals surface area contributed by atoms with E-state index < -0.39 is 6.04 Å². The summed E-state index contributed by atoms with van der Waals surface area (Å²) in [6.07, 6.45) is 5.60. The number of ether oxygens (including phenoxy) is 2. The largest absolute Gasteiger partial charge is 0.482 e. The highest BCUT2D eigenvalue weighted by atomic mass is 16.5. The van der Waals surface area contributed by atoms with E-state index >= 15 is 0 Å². The number of benzene rings is 1. The first-order valence-corrected chi connectivity index (χ1v) is 7.27. The molecule has 1 aromatic carbocycles. The van der Waals surface area contributed by atoms with E-state index in [0.29, 0.717) is 18.3 Å². The lowest BCUT2D eigenvalue weighted by Gasteiger charge is -2.31. The van der Waals surface area contributed by atoms with Crippen molar-refractivity contribution in [3.8, 4) is 0 Å². The SMILES string of the molecule is CCOC(=O)[C@@H]1N=C2C=CC=C(OC)N2[C@H]1c1ccccc1. The predicted molar refractivity (Wildman–Crippen MR) is 83.1 cm³/mol. The maximum absolute atomic E-state index is 12.3. The van der Waals surface area contributed by atoms with E-state index in [2.05, 4.69) is 4.99 Å². The number of methoxy groups -OCH3 is 1. The summed E-state index contributed by atoms with van der Waals surface area (Å²) in [6.45, 7) is 2.13. The van der Waals surface area contributed by atoms with Gasteiger partial charge < -0.3 is 9.47 Å². The van der Waals surface area contributed by atoms with Gasteiger partial charge in [-0.25, -0.2) is 4.79 Å². The Morgan fingerprint density at radius 2 is 2.09 bits per heavy atom. The molecule has 2 aliphatic heterocycles. The number of hydrogen-bond acceptors (Lipinski definition) is 5. The second kappa shape index (κ2) is 6.05. The lowest BCUT2D eigenvalue weighted by atomic mass is 9.99. The fourth-order valence-corrected chi connectivity index (χ4v) is 2.79. The van der Waals surface area contributed by atoms with E-state index in [1.807, 2.05) is 53.5 Å². The van der Waals surface area contributed by atoms with E-state index in [1.165, 1.54) is 0 Å². The summed E-state index contributed by atoms with van der Waals surface area (Å²) in [5, 5.41) is 0. The van der Waals surface area contributed by atoms with E-state index in [9.17, 15) is 4.79 Å². The standard InChI is InChI=1S/C17H18N2O3/c1-3-22-17(20)15-16(12-8-5-4-6-9-12)19-13(18-15)10-7-11-14(19)21-2/h4-11,15-16H,3H2,1-2H3/t15-,16+/m1/s1. The van der Waals surface area contributed by atoms with E-state index in [0.717, 1.165) is 5.56 Å². The Balaban J connectivity index is 2.03. The zero-order chi connectivity index (χ0) is 15.5. The van der Waals surface area contributed by atoms with Gasteiger partial charge in [-0.15, -0.1) is 0 Å². The third-order valence-electron chi connectivity index (χ3n) is 3.70. The molecule has 2 aliphatic rings. The predicted octanol–water partition coefficient (Wildman–Crippen LogP) is 2.43. The Labute approximate surface area is 129 Å². The van der Waals surface area contributed by atoms with Crippen LogP contribution >= 0.6 is 0 Å². The number of amidine groups is 1. The van der Waals surface area contributed by atoms with Crippen molar-refractivity contribution >= 4 is 11.8 Å². The number of esters is 1. The highest BCUT2D eigenvalue weighted by molar-refractivity contribution is 6.00. The van der Waals surface area contributed by atoms with Crippen LogP contribution in [0.25, 0.3) is 0 Å². The van der Waals surface area contributed by atoms with Crippen LogP contribution in [-0.4, -0.2) is 36.5 Å². The molecule has 0 aromatic heterocycles. The summed E-state index contributed by atoms with van der Waals surface area (Å²) in [7, 11) is 1.61. The molecule has 2 atom stereocenters. The molecular weight excluding hydrogens is 280 g/mol. The first kappa shape index (κ1) is 14.4. The van der Waals surface area contributed by atoms with Gasteiger partial charge in [0.25, 0.3) is 0 Å². The highest BCUT2D eigenvalue weighted by Gasteiger charge is 2.44. The van der Waals surface area contributed by atoms with Crippen molar-refractivity contribution in [3.05, 3.63) is 60.0 Å². The van der Waals surface area contributed by atoms with Crippen LogP contribution in [0.2, 0.25) is 0 Å². The van der Waals surface area contributed by atoms with Gasteiger partial charge >= 0.3 is 5.97 Å². The minimum atomic E-state index is -0.598. The second-order valence-electron chi connectivity index (χ2n) is 4.98. The van der Waals surface area contributed by atoms with Crippen molar-refractivity contribution in [2.45, 2.75) is 19.0 Å². The van der Waals surface area contributed by atoms with Crippen molar-refractivity contribution in [3.63, 3.8) is 0 Å². The summed E-state index contributed by atoms with van der Waals surface area (Å²) in [4.78, 5) is 18.8. The van der Waals surface area contributed by atoms with Gasteiger partial charge in [0, 0.05) is 0 Å². The van der Waals surface area contributed by atoms with Crippen LogP contribution in [0.5, 0.6) is 0 Å². The molecule has 0 spiro atoms. The molecule has 5 heteroatoms. The van der Waals surface area contributed by atoms with Crippen molar-refractivity contribution in [2.75, 3.05) is 13.7 Å². The van der Waals surface area contributed by atoms with Crippen LogP contribution in [-0.2, 0) is 14.3 Å². The average molecular weight is 298 g/mol. The zero-order valence-corrected chi connectivity index (χ0v) is 12.6. The number of aliphatic imine (C=N–C) groups is 1. The maximum Gasteiger partial charge on any atom is 0.333 e. The monoisotopic (exact) mass is 298 g/mol. The van der Waals surface area contributed by atoms with Gasteiger partial charge in [-0.05, 0) is 24.6 Å². The Morgan fingerprint density at radius 1 is 1.32 bits per heavy atom. The molecule has 3 rings (SSSR count). The number of hydrogen-bond donors (Lipinski definition) is 0. The third kappa shape index (κ3) is 2.39. The number of carbonyl (C=O) groups is 1. The van der Waals surface area contributed by atoms with Crippen LogP contribution < -0.4 is 0 Å². The molecule has 0 fully saturated rings. The van der Waals surface area contributed by atoms with Gasteiger partial charge in [0.05, 0.1) is 19.8 Å². The number of fused-ring (bicyclic) bond motifs is 1. The summed E-state index contributed by atoms with van der Waals surface area (Å²) in [5.41, 5.74) is 0.998. The van der Waals surface area contributed by atoms with Crippen LogP contribution in [0.15, 0.2) is 59.4 Å². The Morgan fingerprint density at radius 3 is 2.77 bits per heavy atom. The van der Waals surface area contributed by atoms with Crippen molar-refractivity contribution in [2.24, 2.45) is 4.99 Å². The third-order valence-corrected chi connectivity index (χ3v) is 3.70. The van der Waals surface area contributed by atoms with Gasteiger partial charge in [-0.1, -0.05) is 36.4 Å². The molecule has 0 saturated carbocycles. The number of nitrogens with zero attached hydrogens (tertiary/aromatic N) is 2. The normalized spacial score (nSPS) is 22.7. The first-order chi connectivity index (χ1) is 10.8. The second-order valence-corrected chi connectivity index (χ2v) is 4.98. The molecule has 1 aromatic rings. The molecule has 0 aliphatic carbocycles. The lowest BCUT2D eigenvalue weighted by Crippen LogP contribution is -2.36. The molecule has 22 heavy (non-hydrogen) atoms. The summed E-state index contributed by atoms with van der Waals surface area (Å²) >= 11 is 0. The molecule has 0 N–H and O–H groups in total. The molecule has 0 amide bonds. The summed E-state index contributed by atoms with van der Waals surface area (Å²) in [5.74, 6) is 1.07. The fourth-order valence-electron chi connectivity index (χ4n) is 2.79. The Kier molecular flexibility index (Phi) is 3.96. The summed E-state index contributed by atoms with van der Waals surface area (Å²) in [6, 6.07) is 8.96. The molecular formula is C17H18N2O3. The molecule has 0 unspecified atom stereocenters. The first-order valence-electron chi connectivity index (χ1n) is 7.27. The highest BCUT2D eigenvalue weighted by Crippen LogP contribution is 2.37. The van der Waals surface area contributed by atoms with Crippen LogP contribution in [0.4, 0.5) is 0 Å². The van der Waals surface area contributed by atoms with Crippen molar-refractivity contribution in [1.29, 1.82) is 0 Å². The van der Waals surface area contributed by atoms with Gasteiger partial charge in [-0.2, -0.15) is 0 Å². The van der Waals surface area contributed by atoms with Crippen LogP contribution in [0.3, 0.4) is 0 Å². The average Bonchev–Trinajstić information content (AvgIpc) is 2.95. The van der Waals surface area contributed by atoms with Gasteiger partial charge in [-0.3, -0.25) is 9.89 Å². The fraction of sp³-hybridized carbons (Fsp3) is 0.294. The smallest absolute Gasteiger partial charge is 0.333 e. The minimum Gasteiger partial charge on any atom is -0.482 e. The number of allylic oxidation sites excluding steroid dienone is 2. The van der Waals surface area contributed by atoms with E-state index in [1.54, 1.807) is 14.0 Å². The van der Waals surface area contributed by atoms with Crippen molar-refractivity contribution < 1.29 is 14.3 Å². The molecule has 0 saturated heterocycles. The molecule has 0 bridgehead atoms. The quantitative estimate of drug-likeness (QED) is 0.801. The Bertz CT molecular complexity index is 649. The van der Waals surface area contributed by atoms with Crippen LogP contribution in [0.1, 0.15) is 18.5 Å². The topological polar surface area (TPSA) is 51.1 Å². The molecule has 5 nitrogen and oxygen atoms in total. The summed E-state index contributed by atoms with van der Waals surface area (Å²) < 4.78 is 10.6. The minimum absolute atomic E-state index is 0.258.